The first-order valence-electron chi connectivity index (χ1n) is 4.42. The molecule has 0 fully saturated rings. The van der Waals surface area contributed by atoms with Crippen LogP contribution in [0.5, 0.6) is 0 Å². The molecular formula is C13H9N. The van der Waals surface area contributed by atoms with E-state index in [0.29, 0.717) is 0 Å². The van der Waals surface area contributed by atoms with Gasteiger partial charge in [-0.1, -0.05) is 12.2 Å². The van der Waals surface area contributed by atoms with Gasteiger partial charge in [-0.25, -0.2) is 0 Å². The minimum Gasteiger partial charge on any atom is -0.263 e. The number of allylic oxidation sites excluding steroid dienone is 7. The third-order valence-corrected chi connectivity index (χ3v) is 1.80. The highest BCUT2D eigenvalue weighted by Crippen LogP contribution is 2.03. The van der Waals surface area contributed by atoms with Gasteiger partial charge in [0.1, 0.15) is 0 Å². The molecule has 14 heavy (non-hydrogen) atoms. The van der Waals surface area contributed by atoms with Crippen LogP contribution in [0.4, 0.5) is 0 Å². The summed E-state index contributed by atoms with van der Waals surface area (Å²) in [5.74, 6) is 0. The Kier molecular flexibility index (Phi) is 2.59. The van der Waals surface area contributed by atoms with Crippen LogP contribution in [0.2, 0.25) is 0 Å². The maximum Gasteiger partial charge on any atom is 0.0418 e. The summed E-state index contributed by atoms with van der Waals surface area (Å²) in [5.41, 5.74) is 8.15. The molecule has 0 amide bonds. The zero-order chi connectivity index (χ0) is 9.64. The molecule has 2 aliphatic rings. The van der Waals surface area contributed by atoms with Crippen LogP contribution in [0.15, 0.2) is 76.3 Å². The summed E-state index contributed by atoms with van der Waals surface area (Å²) in [6.45, 7) is 0. The highest BCUT2D eigenvalue weighted by molar-refractivity contribution is 5.83. The molecule has 0 saturated heterocycles. The van der Waals surface area contributed by atoms with Gasteiger partial charge in [-0.15, -0.1) is 11.5 Å². The fourth-order valence-corrected chi connectivity index (χ4v) is 1.12. The molecule has 0 aromatic heterocycles. The Morgan fingerprint density at radius 2 is 1.71 bits per heavy atom. The molecule has 0 atom stereocenters. The molecule has 0 aliphatic heterocycles. The fourth-order valence-electron chi connectivity index (χ4n) is 1.12. The van der Waals surface area contributed by atoms with E-state index in [9.17, 15) is 0 Å². The van der Waals surface area contributed by atoms with Crippen LogP contribution in [0, 0.1) is 0 Å². The molecular weight excluding hydrogens is 170 g/mol. The van der Waals surface area contributed by atoms with E-state index in [4.69, 9.17) is 0 Å². The zero-order valence-corrected chi connectivity index (χ0v) is 7.64. The smallest absolute Gasteiger partial charge is 0.0418 e. The summed E-state index contributed by atoms with van der Waals surface area (Å²) in [4.78, 5) is 4.13. The van der Waals surface area contributed by atoms with E-state index in [2.05, 4.69) is 16.5 Å². The van der Waals surface area contributed by atoms with Crippen LogP contribution in [-0.2, 0) is 0 Å². The maximum absolute atomic E-state index is 4.13. The zero-order valence-electron chi connectivity index (χ0n) is 7.64. The minimum absolute atomic E-state index is 1.00. The number of hydrogen-bond acceptors (Lipinski definition) is 1. The first-order chi connectivity index (χ1) is 6.95. The van der Waals surface area contributed by atoms with Crippen LogP contribution >= 0.6 is 0 Å². The van der Waals surface area contributed by atoms with Gasteiger partial charge in [0.05, 0.1) is 0 Å². The molecule has 0 spiro atoms. The molecule has 0 radical (unpaired) electrons. The van der Waals surface area contributed by atoms with Crippen LogP contribution in [-0.4, -0.2) is 6.21 Å². The van der Waals surface area contributed by atoms with Gasteiger partial charge in [0.2, 0.25) is 0 Å². The third kappa shape index (κ3) is 2.21. The van der Waals surface area contributed by atoms with Crippen molar-refractivity contribution in [1.29, 1.82) is 0 Å². The topological polar surface area (TPSA) is 12.4 Å². The minimum atomic E-state index is 1.00. The SMILES string of the molecule is C1=CC=CC=1C=N/C=C/C1=C=CC=C1. The lowest BCUT2D eigenvalue weighted by Gasteiger charge is -1.83. The molecule has 0 N–H and O–H groups in total. The van der Waals surface area contributed by atoms with Gasteiger partial charge in [-0.2, -0.15) is 0 Å². The number of rotatable bonds is 3. The molecule has 1 heteroatoms. The van der Waals surface area contributed by atoms with Gasteiger partial charge in [-0.05, 0) is 30.4 Å². The molecule has 0 heterocycles. The number of aliphatic imine (C=N–C) groups is 1. The van der Waals surface area contributed by atoms with Crippen molar-refractivity contribution < 1.29 is 0 Å². The van der Waals surface area contributed by atoms with E-state index in [0.717, 1.165) is 11.1 Å². The largest absolute Gasteiger partial charge is 0.263 e. The second-order valence-electron chi connectivity index (χ2n) is 2.84. The van der Waals surface area contributed by atoms with E-state index in [1.165, 1.54) is 0 Å². The van der Waals surface area contributed by atoms with Gasteiger partial charge < -0.3 is 0 Å². The lowest BCUT2D eigenvalue weighted by Crippen LogP contribution is -1.72. The standard InChI is InChI=1S/C13H9N/c1-2-6-12(5-1)9-10-14-11-13-7-3-4-8-13/h1-5,7,9-11H/b10-9+,14-11?. The molecule has 0 aromatic rings. The molecule has 0 bridgehead atoms. The van der Waals surface area contributed by atoms with Crippen molar-refractivity contribution in [2.75, 3.05) is 0 Å². The highest BCUT2D eigenvalue weighted by Gasteiger charge is 1.87. The summed E-state index contributed by atoms with van der Waals surface area (Å²) >= 11 is 0. The monoisotopic (exact) mass is 179 g/mol. The van der Waals surface area contributed by atoms with Crippen molar-refractivity contribution in [2.24, 2.45) is 4.99 Å². The second-order valence-corrected chi connectivity index (χ2v) is 2.84. The normalized spacial score (nSPS) is 17.7. The average Bonchev–Trinajstić information content (AvgIpc) is 2.86. The summed E-state index contributed by atoms with van der Waals surface area (Å²) in [5, 5.41) is 0. The Morgan fingerprint density at radius 3 is 2.36 bits per heavy atom. The van der Waals surface area contributed by atoms with Crippen molar-refractivity contribution in [3.8, 4) is 0 Å². The maximum atomic E-state index is 4.13. The third-order valence-electron chi connectivity index (χ3n) is 1.80. The molecule has 2 rings (SSSR count). The lowest BCUT2D eigenvalue weighted by atomic mass is 10.3. The molecule has 2 aliphatic carbocycles. The van der Waals surface area contributed by atoms with Crippen molar-refractivity contribution in [2.45, 2.75) is 0 Å². The number of hydrogen-bond donors (Lipinski definition) is 0. The van der Waals surface area contributed by atoms with Crippen molar-refractivity contribution >= 4 is 6.21 Å². The molecule has 66 valence electrons. The van der Waals surface area contributed by atoms with Crippen molar-refractivity contribution in [3.63, 3.8) is 0 Å². The van der Waals surface area contributed by atoms with E-state index in [1.807, 2.05) is 42.5 Å². The van der Waals surface area contributed by atoms with Gasteiger partial charge >= 0.3 is 0 Å². The Hall–Kier alpha value is -2.07. The van der Waals surface area contributed by atoms with Crippen molar-refractivity contribution in [1.82, 2.24) is 0 Å². The van der Waals surface area contributed by atoms with Crippen molar-refractivity contribution in [3.05, 3.63) is 71.3 Å². The van der Waals surface area contributed by atoms with Crippen LogP contribution in [0.3, 0.4) is 0 Å². The van der Waals surface area contributed by atoms with E-state index in [-0.39, 0.29) is 0 Å². The van der Waals surface area contributed by atoms with Gasteiger partial charge in [-0.3, -0.25) is 4.99 Å². The predicted molar refractivity (Wildman–Crippen MR) is 59.1 cm³/mol. The quantitative estimate of drug-likeness (QED) is 0.466. The molecule has 1 nitrogen and oxygen atoms in total. The predicted octanol–water partition coefficient (Wildman–Crippen LogP) is 2.87. The first kappa shape index (κ1) is 8.52. The summed E-state index contributed by atoms with van der Waals surface area (Å²) < 4.78 is 0. The summed E-state index contributed by atoms with van der Waals surface area (Å²) in [6.07, 6.45) is 17.0. The highest BCUT2D eigenvalue weighted by atomic mass is 14.7. The number of nitrogens with zero attached hydrogens (tertiary/aromatic N) is 1. The molecule has 0 saturated carbocycles. The Morgan fingerprint density at radius 1 is 1.00 bits per heavy atom. The molecule has 0 unspecified atom stereocenters. The lowest BCUT2D eigenvalue weighted by molar-refractivity contribution is 1.56. The van der Waals surface area contributed by atoms with Crippen LogP contribution in [0.25, 0.3) is 0 Å². The van der Waals surface area contributed by atoms with Gasteiger partial charge in [0.25, 0.3) is 0 Å². The first-order valence-corrected chi connectivity index (χ1v) is 4.42. The van der Waals surface area contributed by atoms with Crippen LogP contribution < -0.4 is 0 Å². The Bertz CT molecular complexity index is 423. The van der Waals surface area contributed by atoms with E-state index >= 15 is 0 Å². The molecule has 0 aromatic carbocycles. The van der Waals surface area contributed by atoms with Gasteiger partial charge in [0.15, 0.2) is 0 Å². The Balaban J connectivity index is 1.94. The average molecular weight is 179 g/mol. The van der Waals surface area contributed by atoms with Crippen LogP contribution in [0.1, 0.15) is 0 Å². The van der Waals surface area contributed by atoms with E-state index < -0.39 is 0 Å². The fraction of sp³-hybridized carbons (Fsp3) is 0. The summed E-state index contributed by atoms with van der Waals surface area (Å²) in [6, 6.07) is 0. The summed E-state index contributed by atoms with van der Waals surface area (Å²) in [7, 11) is 0. The van der Waals surface area contributed by atoms with E-state index in [1.54, 1.807) is 12.4 Å². The van der Waals surface area contributed by atoms with Gasteiger partial charge in [0, 0.05) is 23.6 Å². The Labute approximate surface area is 83.2 Å². The second kappa shape index (κ2) is 4.25.